The van der Waals surface area contributed by atoms with E-state index in [0.29, 0.717) is 53.7 Å². The van der Waals surface area contributed by atoms with Crippen molar-refractivity contribution < 1.29 is 30.0 Å². The number of carbonyl (C=O) groups is 1. The van der Waals surface area contributed by atoms with Crippen molar-refractivity contribution >= 4 is 11.4 Å². The molecular weight excluding hydrogens is 516 g/mol. The van der Waals surface area contributed by atoms with Crippen LogP contribution in [0, 0.1) is 0 Å². The van der Waals surface area contributed by atoms with Gasteiger partial charge >= 0.3 is 0 Å². The van der Waals surface area contributed by atoms with Gasteiger partial charge in [-0.3, -0.25) is 4.79 Å². The van der Waals surface area contributed by atoms with Crippen LogP contribution >= 0.6 is 0 Å². The third-order valence-corrected chi connectivity index (χ3v) is 6.71. The Labute approximate surface area is 247 Å². The summed E-state index contributed by atoms with van der Waals surface area (Å²) in [5, 5.41) is 42.2. The Balaban J connectivity index is 0.00000110. The number of allylic oxidation sites excluding steroid dienone is 2. The van der Waals surface area contributed by atoms with Gasteiger partial charge in [-0.05, 0) is 67.7 Å². The third kappa shape index (κ3) is 8.23. The summed E-state index contributed by atoms with van der Waals surface area (Å²) < 4.78 is 5.49. The lowest BCUT2D eigenvalue weighted by Gasteiger charge is -2.28. The van der Waals surface area contributed by atoms with E-state index in [1.165, 1.54) is 13.5 Å². The standard InChI is InChI=1S/C28H32O6.C3H8.2C2H6/c1-3-6-16(15-30)10-13-19-18(8-5-14-29)27(32)25-24(26(19)31)22(17-11-12-17)20-7-4-9-21(34-2)23(20)28(25)33;1-3-2;2*1-2/h4,6-7,9,29-32H,3,5,8,10-15H2,1-2H3;3H2,1-2H3;2*1-2H3/b16-6+;;;. The van der Waals surface area contributed by atoms with Crippen molar-refractivity contribution in [2.75, 3.05) is 20.3 Å². The predicted octanol–water partition coefficient (Wildman–Crippen LogP) is 7.90. The molecule has 0 atom stereocenters. The second kappa shape index (κ2) is 18.4. The van der Waals surface area contributed by atoms with Crippen LogP contribution < -0.4 is 4.74 Å². The molecule has 0 aliphatic heterocycles. The smallest absolute Gasteiger partial charge is 0.201 e. The van der Waals surface area contributed by atoms with E-state index in [9.17, 15) is 25.2 Å². The lowest BCUT2D eigenvalue weighted by atomic mass is 9.76. The number of aromatic hydroxyl groups is 2. The molecule has 2 aliphatic rings. The highest BCUT2D eigenvalue weighted by molar-refractivity contribution is 6.23. The molecule has 4 rings (SSSR count). The van der Waals surface area contributed by atoms with Gasteiger partial charge in [-0.25, -0.2) is 0 Å². The minimum absolute atomic E-state index is 0.00532. The van der Waals surface area contributed by atoms with Crippen molar-refractivity contribution in [3.05, 3.63) is 68.8 Å². The molecule has 0 radical (unpaired) electrons. The SMILES string of the molecule is CC.CC.CC/C=C(/CO)CCc1c(O)c2c(c(O)c1CCCO)C(=O)c1c(OC)cccc1C2=C1CC1.CCC. The van der Waals surface area contributed by atoms with Crippen LogP contribution in [0.2, 0.25) is 0 Å². The molecule has 4 N–H and O–H groups in total. The van der Waals surface area contributed by atoms with Crippen molar-refractivity contribution in [2.45, 2.75) is 99.8 Å². The first-order valence-corrected chi connectivity index (χ1v) is 15.3. The number of fused-ring (bicyclic) bond motifs is 2. The van der Waals surface area contributed by atoms with E-state index in [0.717, 1.165) is 41.5 Å². The second-order valence-corrected chi connectivity index (χ2v) is 9.56. The number of benzene rings is 2. The first-order chi connectivity index (χ1) is 19.9. The fourth-order valence-corrected chi connectivity index (χ4v) is 4.99. The van der Waals surface area contributed by atoms with Gasteiger partial charge in [0.2, 0.25) is 5.78 Å². The topological polar surface area (TPSA) is 107 Å². The molecule has 6 nitrogen and oxygen atoms in total. The Hall–Kier alpha value is -3.09. The van der Waals surface area contributed by atoms with E-state index in [-0.39, 0.29) is 36.1 Å². The Morgan fingerprint density at radius 2 is 1.49 bits per heavy atom. The summed E-state index contributed by atoms with van der Waals surface area (Å²) in [4.78, 5) is 13.7. The Morgan fingerprint density at radius 3 is 2.00 bits per heavy atom. The minimum atomic E-state index is -0.376. The molecule has 0 spiro atoms. The monoisotopic (exact) mass is 568 g/mol. The normalized spacial score (nSPS) is 13.0. The van der Waals surface area contributed by atoms with Crippen LogP contribution in [-0.4, -0.2) is 46.5 Å². The summed E-state index contributed by atoms with van der Waals surface area (Å²) in [5.41, 5.74) is 5.45. The maximum atomic E-state index is 13.7. The van der Waals surface area contributed by atoms with Gasteiger partial charge in [-0.2, -0.15) is 0 Å². The minimum Gasteiger partial charge on any atom is -0.507 e. The number of phenols is 2. The van der Waals surface area contributed by atoms with Crippen LogP contribution in [0.1, 0.15) is 125 Å². The summed E-state index contributed by atoms with van der Waals surface area (Å²) in [5.74, 6) is -0.0737. The van der Waals surface area contributed by atoms with Crippen LogP contribution in [0.5, 0.6) is 17.2 Å². The molecule has 2 aromatic rings. The molecule has 0 aromatic heterocycles. The van der Waals surface area contributed by atoms with Crippen molar-refractivity contribution in [2.24, 2.45) is 0 Å². The number of aliphatic hydroxyl groups is 2. The van der Waals surface area contributed by atoms with Crippen molar-refractivity contribution in [3.8, 4) is 17.2 Å². The van der Waals surface area contributed by atoms with Crippen molar-refractivity contribution in [1.29, 1.82) is 0 Å². The number of ketones is 1. The van der Waals surface area contributed by atoms with Crippen LogP contribution in [-0.2, 0) is 12.8 Å². The van der Waals surface area contributed by atoms with Gasteiger partial charge in [0.1, 0.15) is 17.2 Å². The molecule has 0 unspecified atom stereocenters. The molecule has 0 heterocycles. The third-order valence-electron chi connectivity index (χ3n) is 6.71. The van der Waals surface area contributed by atoms with Crippen LogP contribution in [0.15, 0.2) is 35.4 Å². The molecule has 0 bridgehead atoms. The van der Waals surface area contributed by atoms with Crippen LogP contribution in [0.4, 0.5) is 0 Å². The Kier molecular flexibility index (Phi) is 16.1. The molecular formula is C35H52O6. The number of hydrogen-bond acceptors (Lipinski definition) is 6. The molecule has 1 fully saturated rings. The Morgan fingerprint density at radius 1 is 0.902 bits per heavy atom. The quantitative estimate of drug-likeness (QED) is 0.154. The summed E-state index contributed by atoms with van der Waals surface area (Å²) >= 11 is 0. The number of methoxy groups -OCH3 is 1. The summed E-state index contributed by atoms with van der Waals surface area (Å²) in [6.07, 6.45) is 7.38. The van der Waals surface area contributed by atoms with Gasteiger partial charge in [-0.15, -0.1) is 0 Å². The van der Waals surface area contributed by atoms with Gasteiger partial charge in [0.25, 0.3) is 0 Å². The lowest BCUT2D eigenvalue weighted by molar-refractivity contribution is 0.103. The average Bonchev–Trinajstić information content (AvgIpc) is 3.84. The zero-order valence-corrected chi connectivity index (χ0v) is 26.5. The molecule has 2 aromatic carbocycles. The lowest BCUT2D eigenvalue weighted by Crippen LogP contribution is -2.18. The Bertz CT molecular complexity index is 1200. The highest BCUT2D eigenvalue weighted by Crippen LogP contribution is 2.53. The molecule has 0 saturated heterocycles. The van der Waals surface area contributed by atoms with Crippen molar-refractivity contribution in [1.82, 2.24) is 0 Å². The fourth-order valence-electron chi connectivity index (χ4n) is 4.99. The zero-order chi connectivity index (χ0) is 31.1. The first-order valence-electron chi connectivity index (χ1n) is 15.3. The molecule has 6 heteroatoms. The van der Waals surface area contributed by atoms with E-state index in [2.05, 4.69) is 13.8 Å². The van der Waals surface area contributed by atoms with Gasteiger partial charge in [-0.1, -0.05) is 78.7 Å². The largest absolute Gasteiger partial charge is 0.507 e. The van der Waals surface area contributed by atoms with Gasteiger partial charge in [0, 0.05) is 23.3 Å². The maximum absolute atomic E-state index is 13.7. The van der Waals surface area contributed by atoms with Crippen molar-refractivity contribution in [3.63, 3.8) is 0 Å². The summed E-state index contributed by atoms with van der Waals surface area (Å²) in [6.45, 7) is 14.1. The van der Waals surface area contributed by atoms with E-state index in [4.69, 9.17) is 4.74 Å². The number of carbonyl (C=O) groups excluding carboxylic acids is 1. The van der Waals surface area contributed by atoms with E-state index in [1.807, 2.05) is 52.8 Å². The number of phenolic OH excluding ortho intramolecular Hbond substituents is 2. The predicted molar refractivity (Wildman–Crippen MR) is 169 cm³/mol. The highest BCUT2D eigenvalue weighted by Gasteiger charge is 2.39. The highest BCUT2D eigenvalue weighted by atomic mass is 16.5. The number of rotatable bonds is 9. The molecule has 228 valence electrons. The second-order valence-electron chi connectivity index (χ2n) is 9.56. The van der Waals surface area contributed by atoms with Gasteiger partial charge in [0.05, 0.1) is 24.8 Å². The molecule has 1 saturated carbocycles. The summed E-state index contributed by atoms with van der Waals surface area (Å²) in [7, 11) is 1.51. The fraction of sp³-hybridized carbons (Fsp3) is 0.514. The van der Waals surface area contributed by atoms with E-state index in [1.54, 1.807) is 6.07 Å². The van der Waals surface area contributed by atoms with E-state index < -0.39 is 0 Å². The number of aliphatic hydroxyl groups excluding tert-OH is 2. The molecule has 2 aliphatic carbocycles. The van der Waals surface area contributed by atoms with Gasteiger partial charge < -0.3 is 25.2 Å². The zero-order valence-electron chi connectivity index (χ0n) is 26.5. The summed E-state index contributed by atoms with van der Waals surface area (Å²) in [6, 6.07) is 5.42. The van der Waals surface area contributed by atoms with Gasteiger partial charge in [0.15, 0.2) is 0 Å². The van der Waals surface area contributed by atoms with Crippen LogP contribution in [0.25, 0.3) is 5.57 Å². The van der Waals surface area contributed by atoms with Crippen LogP contribution in [0.3, 0.4) is 0 Å². The number of ether oxygens (including phenoxy) is 1. The maximum Gasteiger partial charge on any atom is 0.201 e. The molecule has 0 amide bonds. The van der Waals surface area contributed by atoms with E-state index >= 15 is 0 Å². The average molecular weight is 569 g/mol. The molecule has 41 heavy (non-hydrogen) atoms. The number of hydrogen-bond donors (Lipinski definition) is 4. The first kappa shape index (κ1) is 35.9.